The molecule has 0 heterocycles. The number of anilines is 3. The quantitative estimate of drug-likeness (QED) is 0.847. The second-order valence-electron chi connectivity index (χ2n) is 4.38. The predicted molar refractivity (Wildman–Crippen MR) is 74.6 cm³/mol. The lowest BCUT2D eigenvalue weighted by molar-refractivity contribution is 0.619. The lowest BCUT2D eigenvalue weighted by Gasteiger charge is -2.25. The van der Waals surface area contributed by atoms with E-state index < -0.39 is 0 Å². The zero-order valence-electron chi connectivity index (χ0n) is 11.0. The highest BCUT2D eigenvalue weighted by molar-refractivity contribution is 5.75. The molecule has 0 aliphatic rings. The molecule has 0 unspecified atom stereocenters. The number of nitrogens with two attached hydrogens (primary N) is 1. The minimum atomic E-state index is -0.337. The fourth-order valence-electron chi connectivity index (χ4n) is 2.05. The first kappa shape index (κ1) is 13.3. The molecule has 0 fully saturated rings. The van der Waals surface area contributed by atoms with Crippen molar-refractivity contribution in [2.24, 2.45) is 0 Å². The van der Waals surface area contributed by atoms with E-state index in [1.54, 1.807) is 25.1 Å². The minimum absolute atomic E-state index is 0.312. The van der Waals surface area contributed by atoms with Crippen molar-refractivity contribution in [3.05, 3.63) is 53.6 Å². The Kier molecular flexibility index (Phi) is 3.69. The van der Waals surface area contributed by atoms with Gasteiger partial charge >= 0.3 is 0 Å². The van der Waals surface area contributed by atoms with E-state index in [-0.39, 0.29) is 11.6 Å². The Hall–Kier alpha value is -2.10. The zero-order chi connectivity index (χ0) is 14.0. The molecule has 0 saturated heterocycles. The van der Waals surface area contributed by atoms with Gasteiger partial charge in [-0.1, -0.05) is 6.07 Å². The molecule has 0 radical (unpaired) electrons. The summed E-state index contributed by atoms with van der Waals surface area (Å²) in [4.78, 5) is 1.85. The summed E-state index contributed by atoms with van der Waals surface area (Å²) in [5.41, 5.74) is 8.10. The summed E-state index contributed by atoms with van der Waals surface area (Å²) in [6, 6.07) is 9.23. The number of aryl methyl sites for hydroxylation is 1. The Morgan fingerprint density at radius 2 is 1.89 bits per heavy atom. The number of nitrogen functional groups attached to an aromatic ring is 1. The van der Waals surface area contributed by atoms with Gasteiger partial charge < -0.3 is 10.6 Å². The Bertz CT molecular complexity index is 597. The summed E-state index contributed by atoms with van der Waals surface area (Å²) in [6.07, 6.45) is 0. The van der Waals surface area contributed by atoms with E-state index >= 15 is 0 Å². The molecule has 4 heteroatoms. The second-order valence-corrected chi connectivity index (χ2v) is 4.38. The molecular formula is C15H16F2N2. The van der Waals surface area contributed by atoms with Crippen LogP contribution in [-0.2, 0) is 0 Å². The van der Waals surface area contributed by atoms with Crippen LogP contribution < -0.4 is 10.6 Å². The van der Waals surface area contributed by atoms with Crippen LogP contribution in [0.5, 0.6) is 0 Å². The highest BCUT2D eigenvalue weighted by Gasteiger charge is 2.13. The first-order valence-electron chi connectivity index (χ1n) is 6.11. The van der Waals surface area contributed by atoms with Crippen molar-refractivity contribution in [2.45, 2.75) is 13.8 Å². The SMILES string of the molecule is CCN(c1cccc(F)c1)c1cc(C)c(F)cc1N. The van der Waals surface area contributed by atoms with Gasteiger partial charge in [-0.05, 0) is 49.7 Å². The third-order valence-corrected chi connectivity index (χ3v) is 3.03. The number of nitrogens with zero attached hydrogens (tertiary/aromatic N) is 1. The molecule has 0 spiro atoms. The Morgan fingerprint density at radius 1 is 1.16 bits per heavy atom. The van der Waals surface area contributed by atoms with Gasteiger partial charge in [-0.25, -0.2) is 8.78 Å². The van der Waals surface area contributed by atoms with E-state index in [1.807, 2.05) is 11.8 Å². The fourth-order valence-corrected chi connectivity index (χ4v) is 2.05. The molecule has 0 aliphatic carbocycles. The minimum Gasteiger partial charge on any atom is -0.397 e. The van der Waals surface area contributed by atoms with Crippen LogP contribution in [-0.4, -0.2) is 6.54 Å². The van der Waals surface area contributed by atoms with Gasteiger partial charge in [0.25, 0.3) is 0 Å². The number of benzene rings is 2. The zero-order valence-corrected chi connectivity index (χ0v) is 11.0. The van der Waals surface area contributed by atoms with Gasteiger partial charge in [0.05, 0.1) is 11.4 Å². The monoisotopic (exact) mass is 262 g/mol. The van der Waals surface area contributed by atoms with E-state index in [0.717, 1.165) is 0 Å². The summed E-state index contributed by atoms with van der Waals surface area (Å²) in [7, 11) is 0. The van der Waals surface area contributed by atoms with Crippen LogP contribution in [0.25, 0.3) is 0 Å². The molecule has 2 nitrogen and oxygen atoms in total. The van der Waals surface area contributed by atoms with Crippen LogP contribution in [0, 0.1) is 18.6 Å². The standard InChI is InChI=1S/C15H16F2N2/c1-3-19(12-6-4-5-11(16)8-12)15-7-10(2)13(17)9-14(15)18/h4-9H,3,18H2,1-2H3. The first-order chi connectivity index (χ1) is 9.02. The van der Waals surface area contributed by atoms with Gasteiger partial charge in [-0.2, -0.15) is 0 Å². The van der Waals surface area contributed by atoms with Crippen LogP contribution in [0.1, 0.15) is 12.5 Å². The van der Waals surface area contributed by atoms with Crippen molar-refractivity contribution < 1.29 is 8.78 Å². The molecule has 0 aromatic heterocycles. The van der Waals surface area contributed by atoms with Gasteiger partial charge in [0.1, 0.15) is 11.6 Å². The molecule has 19 heavy (non-hydrogen) atoms. The highest BCUT2D eigenvalue weighted by Crippen LogP contribution is 2.32. The molecule has 2 aromatic rings. The normalized spacial score (nSPS) is 10.5. The summed E-state index contributed by atoms with van der Waals surface area (Å²) in [5, 5.41) is 0. The number of rotatable bonds is 3. The van der Waals surface area contributed by atoms with Crippen LogP contribution in [0.4, 0.5) is 25.8 Å². The van der Waals surface area contributed by atoms with Crippen molar-refractivity contribution in [1.29, 1.82) is 0 Å². The van der Waals surface area contributed by atoms with Crippen molar-refractivity contribution in [3.63, 3.8) is 0 Å². The van der Waals surface area contributed by atoms with Crippen molar-refractivity contribution in [1.82, 2.24) is 0 Å². The molecule has 0 amide bonds. The third kappa shape index (κ3) is 2.67. The average molecular weight is 262 g/mol. The lowest BCUT2D eigenvalue weighted by Crippen LogP contribution is -2.18. The highest BCUT2D eigenvalue weighted by atomic mass is 19.1. The molecule has 0 saturated carbocycles. The Labute approximate surface area is 111 Å². The second kappa shape index (κ2) is 5.26. The van der Waals surface area contributed by atoms with Crippen molar-refractivity contribution >= 4 is 17.1 Å². The average Bonchev–Trinajstić information content (AvgIpc) is 2.36. The summed E-state index contributed by atoms with van der Waals surface area (Å²) < 4.78 is 26.7. The number of hydrogen-bond donors (Lipinski definition) is 1. The van der Waals surface area contributed by atoms with E-state index in [1.165, 1.54) is 18.2 Å². The number of hydrogen-bond acceptors (Lipinski definition) is 2. The molecule has 0 bridgehead atoms. The lowest BCUT2D eigenvalue weighted by atomic mass is 10.1. The first-order valence-corrected chi connectivity index (χ1v) is 6.11. The van der Waals surface area contributed by atoms with E-state index in [2.05, 4.69) is 0 Å². The summed E-state index contributed by atoms with van der Waals surface area (Å²) >= 11 is 0. The van der Waals surface area contributed by atoms with E-state index in [9.17, 15) is 8.78 Å². The molecule has 2 aromatic carbocycles. The molecule has 2 rings (SSSR count). The fraction of sp³-hybridized carbons (Fsp3) is 0.200. The third-order valence-electron chi connectivity index (χ3n) is 3.03. The molecule has 2 N–H and O–H groups in total. The van der Waals surface area contributed by atoms with Crippen LogP contribution in [0.2, 0.25) is 0 Å². The Balaban J connectivity index is 2.51. The van der Waals surface area contributed by atoms with Gasteiger partial charge in [-0.15, -0.1) is 0 Å². The Morgan fingerprint density at radius 3 is 2.53 bits per heavy atom. The van der Waals surface area contributed by atoms with Gasteiger partial charge in [-0.3, -0.25) is 0 Å². The maximum Gasteiger partial charge on any atom is 0.128 e. The molecule has 0 atom stereocenters. The largest absolute Gasteiger partial charge is 0.397 e. The van der Waals surface area contributed by atoms with Crippen LogP contribution in [0.3, 0.4) is 0 Å². The van der Waals surface area contributed by atoms with E-state index in [4.69, 9.17) is 5.73 Å². The number of halogens is 2. The van der Waals surface area contributed by atoms with E-state index in [0.29, 0.717) is 29.2 Å². The summed E-state index contributed by atoms with van der Waals surface area (Å²) in [5.74, 6) is -0.648. The van der Waals surface area contributed by atoms with Gasteiger partial charge in [0, 0.05) is 12.2 Å². The van der Waals surface area contributed by atoms with Gasteiger partial charge in [0.2, 0.25) is 0 Å². The predicted octanol–water partition coefficient (Wildman–Crippen LogP) is 4.01. The topological polar surface area (TPSA) is 29.3 Å². The van der Waals surface area contributed by atoms with Crippen molar-refractivity contribution in [2.75, 3.05) is 17.2 Å². The smallest absolute Gasteiger partial charge is 0.128 e. The molecular weight excluding hydrogens is 246 g/mol. The van der Waals surface area contributed by atoms with Gasteiger partial charge in [0.15, 0.2) is 0 Å². The van der Waals surface area contributed by atoms with Crippen LogP contribution in [0.15, 0.2) is 36.4 Å². The maximum atomic E-state index is 13.4. The molecule has 0 aliphatic heterocycles. The van der Waals surface area contributed by atoms with Crippen molar-refractivity contribution in [3.8, 4) is 0 Å². The maximum absolute atomic E-state index is 13.4. The summed E-state index contributed by atoms with van der Waals surface area (Å²) in [6.45, 7) is 4.22. The van der Waals surface area contributed by atoms with Crippen LogP contribution >= 0.6 is 0 Å². The molecule has 100 valence electrons.